The van der Waals surface area contributed by atoms with Gasteiger partial charge in [-0.2, -0.15) is 0 Å². The van der Waals surface area contributed by atoms with E-state index in [1.807, 2.05) is 59.0 Å². The van der Waals surface area contributed by atoms with E-state index in [0.717, 1.165) is 48.5 Å². The summed E-state index contributed by atoms with van der Waals surface area (Å²) in [6, 6.07) is 7.97. The minimum Gasteiger partial charge on any atom is -0.444 e. The van der Waals surface area contributed by atoms with Crippen LogP contribution in [0.3, 0.4) is 0 Å². The number of aryl methyl sites for hydroxylation is 1. The zero-order chi connectivity index (χ0) is 19.6. The number of carbonyl (C=O) groups excluding carboxylic acids is 1. The number of rotatable bonds is 3. The predicted octanol–water partition coefficient (Wildman–Crippen LogP) is 4.02. The summed E-state index contributed by atoms with van der Waals surface area (Å²) in [7, 11) is 1.81. The van der Waals surface area contributed by atoms with Crippen molar-refractivity contribution >= 4 is 22.9 Å². The van der Waals surface area contributed by atoms with Crippen molar-refractivity contribution < 1.29 is 9.53 Å². The lowest BCUT2D eigenvalue weighted by Crippen LogP contribution is -2.43. The van der Waals surface area contributed by atoms with Gasteiger partial charge in [0.2, 0.25) is 0 Å². The molecular formula is C21H30N4O2. The average molecular weight is 370 g/mol. The van der Waals surface area contributed by atoms with Crippen LogP contribution in [0.1, 0.15) is 39.3 Å². The molecule has 0 spiro atoms. The second-order valence-corrected chi connectivity index (χ2v) is 8.44. The predicted molar refractivity (Wildman–Crippen MR) is 108 cm³/mol. The molecule has 1 fully saturated rings. The largest absolute Gasteiger partial charge is 0.444 e. The van der Waals surface area contributed by atoms with Gasteiger partial charge in [0.1, 0.15) is 5.60 Å². The van der Waals surface area contributed by atoms with Gasteiger partial charge in [-0.15, -0.1) is 0 Å². The van der Waals surface area contributed by atoms with Crippen LogP contribution in [-0.4, -0.2) is 53.2 Å². The van der Waals surface area contributed by atoms with Crippen molar-refractivity contribution in [1.82, 2.24) is 14.9 Å². The Bertz CT molecular complexity index is 815. The van der Waals surface area contributed by atoms with Gasteiger partial charge in [-0.25, -0.2) is 14.8 Å². The second-order valence-electron chi connectivity index (χ2n) is 8.44. The molecule has 27 heavy (non-hydrogen) atoms. The van der Waals surface area contributed by atoms with E-state index < -0.39 is 5.60 Å². The molecular weight excluding hydrogens is 340 g/mol. The molecule has 2 heterocycles. The van der Waals surface area contributed by atoms with Crippen molar-refractivity contribution in [3.8, 4) is 0 Å². The van der Waals surface area contributed by atoms with Crippen LogP contribution in [0.2, 0.25) is 0 Å². The molecule has 0 N–H and O–H groups in total. The number of carbonyl (C=O) groups is 1. The van der Waals surface area contributed by atoms with E-state index in [-0.39, 0.29) is 6.09 Å². The maximum atomic E-state index is 12.3. The first-order valence-electron chi connectivity index (χ1n) is 9.65. The number of para-hydroxylation sites is 2. The summed E-state index contributed by atoms with van der Waals surface area (Å²) in [5.41, 5.74) is 2.33. The van der Waals surface area contributed by atoms with Crippen LogP contribution in [-0.2, 0) is 4.74 Å². The van der Waals surface area contributed by atoms with Gasteiger partial charge in [0.15, 0.2) is 5.82 Å². The van der Waals surface area contributed by atoms with Crippen LogP contribution in [0.4, 0.5) is 10.6 Å². The number of ether oxygens (including phenoxy) is 1. The van der Waals surface area contributed by atoms with Crippen LogP contribution in [0.5, 0.6) is 0 Å². The van der Waals surface area contributed by atoms with Crippen molar-refractivity contribution in [2.45, 2.75) is 46.1 Å². The van der Waals surface area contributed by atoms with Crippen LogP contribution in [0.15, 0.2) is 24.3 Å². The Morgan fingerprint density at radius 3 is 2.59 bits per heavy atom. The Kier molecular flexibility index (Phi) is 5.53. The molecule has 1 atom stereocenters. The van der Waals surface area contributed by atoms with Gasteiger partial charge in [0.05, 0.1) is 16.7 Å². The highest BCUT2D eigenvalue weighted by Gasteiger charge is 2.27. The second kappa shape index (κ2) is 7.71. The molecule has 1 aliphatic heterocycles. The van der Waals surface area contributed by atoms with Crippen molar-refractivity contribution in [1.29, 1.82) is 0 Å². The average Bonchev–Trinajstić information content (AvgIpc) is 2.60. The molecule has 146 valence electrons. The molecule has 1 aromatic heterocycles. The number of hydrogen-bond acceptors (Lipinski definition) is 5. The fourth-order valence-electron chi connectivity index (χ4n) is 3.59. The molecule has 1 amide bonds. The summed E-state index contributed by atoms with van der Waals surface area (Å²) in [6.45, 7) is 10.2. The van der Waals surface area contributed by atoms with Gasteiger partial charge in [-0.05, 0) is 58.6 Å². The molecule has 6 nitrogen and oxygen atoms in total. The van der Waals surface area contributed by atoms with Crippen LogP contribution in [0.25, 0.3) is 11.0 Å². The highest BCUT2D eigenvalue weighted by Crippen LogP contribution is 2.26. The van der Waals surface area contributed by atoms with Crippen molar-refractivity contribution in [3.63, 3.8) is 0 Å². The summed E-state index contributed by atoms with van der Waals surface area (Å²) in [5, 5.41) is 0. The molecule has 2 aromatic rings. The number of hydrogen-bond donors (Lipinski definition) is 0. The van der Waals surface area contributed by atoms with Crippen molar-refractivity contribution in [3.05, 3.63) is 30.0 Å². The zero-order valence-electron chi connectivity index (χ0n) is 17.0. The summed E-state index contributed by atoms with van der Waals surface area (Å²) in [4.78, 5) is 25.8. The first kappa shape index (κ1) is 19.4. The Morgan fingerprint density at radius 1 is 1.26 bits per heavy atom. The van der Waals surface area contributed by atoms with Gasteiger partial charge >= 0.3 is 6.09 Å². The summed E-state index contributed by atoms with van der Waals surface area (Å²) in [5.74, 6) is 1.35. The first-order valence-corrected chi connectivity index (χ1v) is 9.65. The number of nitrogens with zero attached hydrogens (tertiary/aromatic N) is 4. The quantitative estimate of drug-likeness (QED) is 0.817. The fraction of sp³-hybridized carbons (Fsp3) is 0.571. The maximum Gasteiger partial charge on any atom is 0.410 e. The molecule has 1 aromatic carbocycles. The lowest BCUT2D eigenvalue weighted by molar-refractivity contribution is 0.0269. The first-order chi connectivity index (χ1) is 12.7. The smallest absolute Gasteiger partial charge is 0.410 e. The number of anilines is 1. The highest BCUT2D eigenvalue weighted by molar-refractivity contribution is 5.76. The standard InChI is InChI=1S/C21H30N4O2/c1-15-19(23-18-11-7-6-10-17(18)22-15)25-12-8-9-16(14-25)13-24(5)20(26)27-21(2,3)4/h6-7,10-11,16H,8-9,12-14H2,1-5H3. The van der Waals surface area contributed by atoms with E-state index in [4.69, 9.17) is 14.7 Å². The lowest BCUT2D eigenvalue weighted by Gasteiger charge is -2.36. The third-order valence-electron chi connectivity index (χ3n) is 4.78. The molecule has 1 saturated heterocycles. The van der Waals surface area contributed by atoms with Gasteiger partial charge in [-0.1, -0.05) is 12.1 Å². The Hall–Kier alpha value is -2.37. The molecule has 0 bridgehead atoms. The third kappa shape index (κ3) is 4.87. The molecule has 0 radical (unpaired) electrons. The number of amides is 1. The van der Waals surface area contributed by atoms with Crippen LogP contribution in [0, 0.1) is 12.8 Å². The SMILES string of the molecule is Cc1nc2ccccc2nc1N1CCCC(CN(C)C(=O)OC(C)(C)C)C1. The maximum absolute atomic E-state index is 12.3. The van der Waals surface area contributed by atoms with Gasteiger partial charge < -0.3 is 14.5 Å². The monoisotopic (exact) mass is 370 g/mol. The number of benzene rings is 1. The minimum atomic E-state index is -0.470. The van der Waals surface area contributed by atoms with Gasteiger partial charge in [0.25, 0.3) is 0 Å². The summed E-state index contributed by atoms with van der Waals surface area (Å²) >= 11 is 0. The Morgan fingerprint density at radius 2 is 1.93 bits per heavy atom. The summed E-state index contributed by atoms with van der Waals surface area (Å²) in [6.07, 6.45) is 1.92. The van der Waals surface area contributed by atoms with E-state index >= 15 is 0 Å². The van der Waals surface area contributed by atoms with E-state index in [0.29, 0.717) is 12.5 Å². The van der Waals surface area contributed by atoms with E-state index in [2.05, 4.69) is 4.90 Å². The highest BCUT2D eigenvalue weighted by atomic mass is 16.6. The Balaban J connectivity index is 1.69. The van der Waals surface area contributed by atoms with Gasteiger partial charge in [0, 0.05) is 26.7 Å². The molecule has 6 heteroatoms. The van der Waals surface area contributed by atoms with Crippen molar-refractivity contribution in [2.24, 2.45) is 5.92 Å². The lowest BCUT2D eigenvalue weighted by atomic mass is 9.97. The number of piperidine rings is 1. The van der Waals surface area contributed by atoms with Crippen LogP contribution < -0.4 is 4.90 Å². The molecule has 0 aliphatic carbocycles. The number of aromatic nitrogens is 2. The van der Waals surface area contributed by atoms with Crippen LogP contribution >= 0.6 is 0 Å². The molecule has 1 unspecified atom stereocenters. The normalized spacial score (nSPS) is 17.8. The zero-order valence-corrected chi connectivity index (χ0v) is 17.0. The third-order valence-corrected chi connectivity index (χ3v) is 4.78. The van der Waals surface area contributed by atoms with Gasteiger partial charge in [-0.3, -0.25) is 0 Å². The Labute approximate surface area is 161 Å². The molecule has 1 aliphatic rings. The minimum absolute atomic E-state index is 0.263. The molecule has 0 saturated carbocycles. The van der Waals surface area contributed by atoms with Crippen molar-refractivity contribution in [2.75, 3.05) is 31.6 Å². The molecule has 3 rings (SSSR count). The van der Waals surface area contributed by atoms with E-state index in [9.17, 15) is 4.79 Å². The fourth-order valence-corrected chi connectivity index (χ4v) is 3.59. The topological polar surface area (TPSA) is 58.6 Å². The summed E-state index contributed by atoms with van der Waals surface area (Å²) < 4.78 is 5.47. The van der Waals surface area contributed by atoms with E-state index in [1.165, 1.54) is 0 Å². The van der Waals surface area contributed by atoms with E-state index in [1.54, 1.807) is 4.90 Å². The number of fused-ring (bicyclic) bond motifs is 1.